The number of carbonyl (C=O) groups is 1. The van der Waals surface area contributed by atoms with E-state index in [1.165, 1.54) is 12.3 Å². The van der Waals surface area contributed by atoms with Crippen molar-refractivity contribution in [3.05, 3.63) is 74.8 Å². The number of ether oxygens (including phenoxy) is 1. The Labute approximate surface area is 194 Å². The highest BCUT2D eigenvalue weighted by Crippen LogP contribution is 2.50. The van der Waals surface area contributed by atoms with Crippen molar-refractivity contribution < 1.29 is 36.6 Å². The van der Waals surface area contributed by atoms with E-state index in [1.54, 1.807) is 0 Å². The molecule has 4 rings (SSSR count). The second-order valence-electron chi connectivity index (χ2n) is 8.58. The second kappa shape index (κ2) is 8.68. The Morgan fingerprint density at radius 2 is 2.00 bits per heavy atom. The summed E-state index contributed by atoms with van der Waals surface area (Å²) >= 11 is 0. The van der Waals surface area contributed by atoms with E-state index < -0.39 is 71.8 Å². The van der Waals surface area contributed by atoms with Crippen LogP contribution in [0.1, 0.15) is 52.5 Å². The minimum atomic E-state index is -4.78. The van der Waals surface area contributed by atoms with Gasteiger partial charge in [-0.05, 0) is 37.0 Å². The lowest BCUT2D eigenvalue weighted by molar-refractivity contribution is -0.286. The van der Waals surface area contributed by atoms with Crippen LogP contribution in [0.3, 0.4) is 0 Å². The number of carbonyl (C=O) groups excluding carboxylic acids is 1. The molecule has 7 nitrogen and oxygen atoms in total. The van der Waals surface area contributed by atoms with Crippen molar-refractivity contribution in [2.45, 2.75) is 43.6 Å². The van der Waals surface area contributed by atoms with Crippen molar-refractivity contribution in [2.24, 2.45) is 5.73 Å². The lowest BCUT2D eigenvalue weighted by Crippen LogP contribution is -2.51. The fourth-order valence-corrected chi connectivity index (χ4v) is 4.56. The minimum Gasteiger partial charge on any atom is -0.392 e. The Kier molecular flexibility index (Phi) is 6.14. The van der Waals surface area contributed by atoms with Crippen molar-refractivity contribution in [3.8, 4) is 0 Å². The highest BCUT2D eigenvalue weighted by Gasteiger charge is 2.57. The Morgan fingerprint density at radius 1 is 1.29 bits per heavy atom. The van der Waals surface area contributed by atoms with Gasteiger partial charge in [0.25, 0.3) is 5.91 Å². The number of aromatic amines is 1. The summed E-state index contributed by atoms with van der Waals surface area (Å²) in [5.74, 6) is -5.64. The lowest BCUT2D eigenvalue weighted by atomic mass is 9.73. The van der Waals surface area contributed by atoms with Gasteiger partial charge in [-0.15, -0.1) is 0 Å². The van der Waals surface area contributed by atoms with Crippen molar-refractivity contribution in [3.63, 3.8) is 0 Å². The molecule has 35 heavy (non-hydrogen) atoms. The molecule has 0 saturated carbocycles. The van der Waals surface area contributed by atoms with Crippen LogP contribution in [0.4, 0.5) is 22.0 Å². The zero-order valence-electron chi connectivity index (χ0n) is 18.2. The van der Waals surface area contributed by atoms with Gasteiger partial charge in [-0.25, -0.2) is 8.78 Å². The molecule has 1 aliphatic heterocycles. The van der Waals surface area contributed by atoms with Crippen molar-refractivity contribution in [2.75, 3.05) is 6.61 Å². The van der Waals surface area contributed by atoms with Crippen LogP contribution >= 0.6 is 0 Å². The molecule has 3 aromatic rings. The van der Waals surface area contributed by atoms with Gasteiger partial charge in [0.05, 0.1) is 24.1 Å². The van der Waals surface area contributed by atoms with Crippen LogP contribution in [0, 0.1) is 11.6 Å². The monoisotopic (exact) mass is 497 g/mol. The number of rotatable bonds is 4. The van der Waals surface area contributed by atoms with E-state index in [0.717, 1.165) is 25.1 Å². The zero-order chi connectivity index (χ0) is 25.7. The molecular weight excluding hydrogens is 477 g/mol. The maximum atomic E-state index is 14.5. The van der Waals surface area contributed by atoms with E-state index in [0.29, 0.717) is 0 Å². The molecule has 2 aromatic heterocycles. The predicted molar refractivity (Wildman–Crippen MR) is 114 cm³/mol. The molecule has 1 aromatic carbocycles. The summed E-state index contributed by atoms with van der Waals surface area (Å²) < 4.78 is 75.1. The summed E-state index contributed by atoms with van der Waals surface area (Å²) in [5, 5.41) is 9.60. The molecule has 12 heteroatoms. The Hall–Kier alpha value is -3.38. The van der Waals surface area contributed by atoms with Crippen LogP contribution in [0.25, 0.3) is 10.9 Å². The molecule has 0 spiro atoms. The Balaban J connectivity index is 1.91. The van der Waals surface area contributed by atoms with E-state index >= 15 is 0 Å². The third-order valence-corrected chi connectivity index (χ3v) is 6.46. The average Bonchev–Trinajstić information content (AvgIpc) is 2.79. The van der Waals surface area contributed by atoms with E-state index in [1.807, 2.05) is 0 Å². The second-order valence-corrected chi connectivity index (χ2v) is 8.58. The lowest BCUT2D eigenvalue weighted by Gasteiger charge is -2.44. The van der Waals surface area contributed by atoms with Crippen LogP contribution in [0.5, 0.6) is 0 Å². The SMILES string of the molecule is C[C@]1(C(F)(F)F)C[C@@H](c2ccc(F)c(F)c2CO)[C@H](c2cc(=O)c3c(C(N)=O)nccc3[nH]2)CO1. The molecule has 0 bridgehead atoms. The fourth-order valence-electron chi connectivity index (χ4n) is 4.56. The molecule has 1 aliphatic rings. The largest absolute Gasteiger partial charge is 0.417 e. The summed E-state index contributed by atoms with van der Waals surface area (Å²) in [6, 6.07) is 4.38. The number of nitrogens with one attached hydrogen (secondary N) is 1. The third-order valence-electron chi connectivity index (χ3n) is 6.46. The molecule has 186 valence electrons. The summed E-state index contributed by atoms with van der Waals surface area (Å²) in [7, 11) is 0. The van der Waals surface area contributed by atoms with Gasteiger partial charge in [0, 0.05) is 29.4 Å². The summed E-state index contributed by atoms with van der Waals surface area (Å²) in [4.78, 5) is 31.3. The highest BCUT2D eigenvalue weighted by molar-refractivity contribution is 6.03. The molecule has 0 radical (unpaired) electrons. The van der Waals surface area contributed by atoms with Gasteiger partial charge in [-0.2, -0.15) is 13.2 Å². The smallest absolute Gasteiger partial charge is 0.392 e. The third kappa shape index (κ3) is 4.16. The number of benzene rings is 1. The van der Waals surface area contributed by atoms with E-state index in [-0.39, 0.29) is 27.9 Å². The van der Waals surface area contributed by atoms with Gasteiger partial charge < -0.3 is 20.6 Å². The summed E-state index contributed by atoms with van der Waals surface area (Å²) in [6.07, 6.45) is -4.24. The highest BCUT2D eigenvalue weighted by atomic mass is 19.4. The Morgan fingerprint density at radius 3 is 2.63 bits per heavy atom. The molecular formula is C23H20F5N3O4. The van der Waals surface area contributed by atoms with Crippen LogP contribution in [0.15, 0.2) is 35.3 Å². The van der Waals surface area contributed by atoms with Gasteiger partial charge in [0.15, 0.2) is 22.7 Å². The molecule has 1 amide bonds. The normalized spacial score (nSPS) is 22.9. The number of amides is 1. The van der Waals surface area contributed by atoms with E-state index in [9.17, 15) is 36.6 Å². The number of pyridine rings is 2. The first-order valence-electron chi connectivity index (χ1n) is 10.5. The number of fused-ring (bicyclic) bond motifs is 1. The quantitative estimate of drug-likeness (QED) is 0.478. The maximum absolute atomic E-state index is 14.5. The number of nitrogens with zero attached hydrogens (tertiary/aromatic N) is 1. The average molecular weight is 497 g/mol. The fraction of sp³-hybridized carbons (Fsp3) is 0.348. The molecule has 0 unspecified atom stereocenters. The molecule has 1 fully saturated rings. The summed E-state index contributed by atoms with van der Waals surface area (Å²) in [5.41, 5.74) is 1.52. The van der Waals surface area contributed by atoms with Crippen LogP contribution < -0.4 is 11.2 Å². The number of aliphatic hydroxyl groups is 1. The number of primary amides is 1. The van der Waals surface area contributed by atoms with Crippen molar-refractivity contribution >= 4 is 16.8 Å². The zero-order valence-corrected chi connectivity index (χ0v) is 18.2. The number of hydrogen-bond acceptors (Lipinski definition) is 5. The molecule has 1 saturated heterocycles. The van der Waals surface area contributed by atoms with Crippen molar-refractivity contribution in [1.29, 1.82) is 0 Å². The van der Waals surface area contributed by atoms with Crippen LogP contribution in [-0.2, 0) is 11.3 Å². The van der Waals surface area contributed by atoms with Crippen LogP contribution in [0.2, 0.25) is 0 Å². The Bertz CT molecular complexity index is 1370. The number of H-pyrrole nitrogens is 1. The number of aliphatic hydroxyl groups excluding tert-OH is 1. The van der Waals surface area contributed by atoms with Gasteiger partial charge in [0.2, 0.25) is 0 Å². The number of hydrogen-bond donors (Lipinski definition) is 3. The maximum Gasteiger partial charge on any atom is 0.417 e. The van der Waals surface area contributed by atoms with Crippen molar-refractivity contribution in [1.82, 2.24) is 9.97 Å². The number of alkyl halides is 3. The first kappa shape index (κ1) is 24.7. The molecule has 3 atom stereocenters. The standard InChI is InChI=1S/C23H20F5N3O4/c1-22(23(26,27)28)7-11(10-2-3-14(24)19(25)12(10)8-32)13(9-35-22)16-6-17(33)18-15(31-16)4-5-30-20(18)21(29)34/h2-6,11,13,32H,7-9H2,1H3,(H2,29,34)(H,31,33)/t11-,13+,22+/m0/s1. The van der Waals surface area contributed by atoms with Gasteiger partial charge in [-0.3, -0.25) is 14.6 Å². The first-order valence-corrected chi connectivity index (χ1v) is 10.5. The number of aromatic nitrogens is 2. The summed E-state index contributed by atoms with van der Waals surface area (Å²) in [6.45, 7) is -0.629. The number of halogens is 5. The predicted octanol–water partition coefficient (Wildman–Crippen LogP) is 3.40. The number of nitrogens with two attached hydrogens (primary N) is 1. The van der Waals surface area contributed by atoms with Gasteiger partial charge in [-0.1, -0.05) is 6.07 Å². The molecule has 3 heterocycles. The molecule has 4 N–H and O–H groups in total. The van der Waals surface area contributed by atoms with Gasteiger partial charge in [0.1, 0.15) is 5.69 Å². The van der Waals surface area contributed by atoms with E-state index in [4.69, 9.17) is 10.5 Å². The topological polar surface area (TPSA) is 118 Å². The minimum absolute atomic E-state index is 0.0383. The first-order chi connectivity index (χ1) is 16.4. The van der Waals surface area contributed by atoms with Gasteiger partial charge >= 0.3 is 6.18 Å². The van der Waals surface area contributed by atoms with E-state index in [2.05, 4.69) is 9.97 Å². The van der Waals surface area contributed by atoms with Crippen LogP contribution in [-0.4, -0.2) is 39.4 Å². The molecule has 0 aliphatic carbocycles.